The molecular formula is C21H21N3O5. The number of rotatable bonds is 6. The molecule has 1 amide bonds. The van der Waals surface area contributed by atoms with E-state index in [4.69, 9.17) is 9.47 Å². The van der Waals surface area contributed by atoms with Gasteiger partial charge in [-0.2, -0.15) is 0 Å². The molecule has 0 bridgehead atoms. The summed E-state index contributed by atoms with van der Waals surface area (Å²) >= 11 is 0. The van der Waals surface area contributed by atoms with Crippen LogP contribution in [0.4, 0.5) is 0 Å². The van der Waals surface area contributed by atoms with Crippen LogP contribution in [0.3, 0.4) is 0 Å². The highest BCUT2D eigenvalue weighted by Gasteiger charge is 2.12. The lowest BCUT2D eigenvalue weighted by Gasteiger charge is -2.18. The van der Waals surface area contributed by atoms with Crippen molar-refractivity contribution < 1.29 is 14.3 Å². The molecule has 0 fully saturated rings. The number of benzene rings is 2. The summed E-state index contributed by atoms with van der Waals surface area (Å²) in [6, 6.07) is 12.4. The minimum Gasteiger partial charge on any atom is -0.486 e. The molecule has 8 heteroatoms. The van der Waals surface area contributed by atoms with Crippen LogP contribution in [0.5, 0.6) is 11.5 Å². The first-order chi connectivity index (χ1) is 14.1. The zero-order chi connectivity index (χ0) is 20.2. The van der Waals surface area contributed by atoms with Crippen LogP contribution >= 0.6 is 0 Å². The topological polar surface area (TPSA) is 102 Å². The third-order valence-corrected chi connectivity index (χ3v) is 4.79. The summed E-state index contributed by atoms with van der Waals surface area (Å²) in [5.41, 5.74) is 0.369. The molecule has 8 nitrogen and oxygen atoms in total. The molecule has 2 aromatic carbocycles. The van der Waals surface area contributed by atoms with Crippen molar-refractivity contribution in [3.05, 3.63) is 68.7 Å². The second-order valence-electron chi connectivity index (χ2n) is 6.77. The van der Waals surface area contributed by atoms with E-state index in [1.54, 1.807) is 24.3 Å². The number of ether oxygens (including phenoxy) is 2. The van der Waals surface area contributed by atoms with Crippen LogP contribution < -0.4 is 25.9 Å². The normalized spacial score (nSPS) is 12.7. The molecule has 0 saturated heterocycles. The predicted molar refractivity (Wildman–Crippen MR) is 108 cm³/mol. The Balaban J connectivity index is 1.32. The van der Waals surface area contributed by atoms with Crippen molar-refractivity contribution in [3.8, 4) is 11.5 Å². The van der Waals surface area contributed by atoms with Crippen LogP contribution in [0.1, 0.15) is 12.0 Å². The number of hydrogen-bond donors (Lipinski definition) is 2. The van der Waals surface area contributed by atoms with Crippen LogP contribution in [0.25, 0.3) is 10.8 Å². The van der Waals surface area contributed by atoms with Crippen molar-refractivity contribution in [1.82, 2.24) is 15.1 Å². The molecule has 0 spiro atoms. The third-order valence-electron chi connectivity index (χ3n) is 4.79. The summed E-state index contributed by atoms with van der Waals surface area (Å²) in [4.78, 5) is 36.7. The Morgan fingerprint density at radius 1 is 1.03 bits per heavy atom. The van der Waals surface area contributed by atoms with Gasteiger partial charge in [-0.25, -0.2) is 4.68 Å². The molecule has 2 heterocycles. The number of nitrogens with one attached hydrogen (secondary N) is 2. The van der Waals surface area contributed by atoms with Gasteiger partial charge in [-0.1, -0.05) is 18.2 Å². The molecule has 0 atom stereocenters. The first-order valence-corrected chi connectivity index (χ1v) is 9.49. The van der Waals surface area contributed by atoms with Gasteiger partial charge in [-0.15, -0.1) is 0 Å². The number of aromatic nitrogens is 2. The summed E-state index contributed by atoms with van der Waals surface area (Å²) in [7, 11) is 0. The van der Waals surface area contributed by atoms with E-state index in [-0.39, 0.29) is 30.0 Å². The number of nitrogens with zero attached hydrogens (tertiary/aromatic N) is 1. The summed E-state index contributed by atoms with van der Waals surface area (Å²) in [6.07, 6.45) is 0.741. The number of aryl methyl sites for hydroxylation is 1. The SMILES string of the molecule is O=C(CCn1[nH]c(=O)c2ccccc2c1=O)NCCc1ccc2c(c1)OCCO2. The summed E-state index contributed by atoms with van der Waals surface area (Å²) < 4.78 is 12.2. The Kier molecular flexibility index (Phi) is 5.33. The van der Waals surface area contributed by atoms with Gasteiger partial charge in [0, 0.05) is 13.0 Å². The molecule has 2 N–H and O–H groups in total. The second-order valence-corrected chi connectivity index (χ2v) is 6.77. The highest BCUT2D eigenvalue weighted by atomic mass is 16.6. The van der Waals surface area contributed by atoms with Gasteiger partial charge in [0.25, 0.3) is 11.1 Å². The van der Waals surface area contributed by atoms with Gasteiger partial charge in [-0.3, -0.25) is 19.5 Å². The van der Waals surface area contributed by atoms with E-state index in [2.05, 4.69) is 10.4 Å². The molecule has 0 saturated carbocycles. The van der Waals surface area contributed by atoms with Crippen LogP contribution in [-0.4, -0.2) is 35.4 Å². The first-order valence-electron chi connectivity index (χ1n) is 9.49. The lowest BCUT2D eigenvalue weighted by atomic mass is 10.1. The Morgan fingerprint density at radius 3 is 2.62 bits per heavy atom. The van der Waals surface area contributed by atoms with Crippen LogP contribution in [0.15, 0.2) is 52.1 Å². The number of hydrogen-bond acceptors (Lipinski definition) is 5. The fraction of sp³-hybridized carbons (Fsp3) is 0.286. The van der Waals surface area contributed by atoms with Gasteiger partial charge in [0.1, 0.15) is 13.2 Å². The van der Waals surface area contributed by atoms with E-state index in [1.165, 1.54) is 4.68 Å². The van der Waals surface area contributed by atoms with E-state index in [0.29, 0.717) is 37.0 Å². The van der Waals surface area contributed by atoms with Gasteiger partial charge in [0.2, 0.25) is 5.91 Å². The molecule has 4 rings (SSSR count). The molecule has 1 aliphatic rings. The van der Waals surface area contributed by atoms with Crippen molar-refractivity contribution in [3.63, 3.8) is 0 Å². The number of H-pyrrole nitrogens is 1. The van der Waals surface area contributed by atoms with Crippen molar-refractivity contribution in [1.29, 1.82) is 0 Å². The molecule has 3 aromatic rings. The quantitative estimate of drug-likeness (QED) is 0.653. The van der Waals surface area contributed by atoms with E-state index in [1.807, 2.05) is 18.2 Å². The Bertz CT molecular complexity index is 1160. The van der Waals surface area contributed by atoms with Crippen molar-refractivity contribution in [2.45, 2.75) is 19.4 Å². The molecule has 0 unspecified atom stereocenters. The minimum atomic E-state index is -0.348. The minimum absolute atomic E-state index is 0.0926. The molecule has 1 aliphatic heterocycles. The van der Waals surface area contributed by atoms with E-state index < -0.39 is 0 Å². The standard InChI is InChI=1S/C21H21N3O5/c25-19(22-9-7-14-5-6-17-18(13-14)29-12-11-28-17)8-10-24-21(27)16-4-2-1-3-15(16)20(26)23-24/h1-6,13H,7-12H2,(H,22,25)(H,23,26). The van der Waals surface area contributed by atoms with Gasteiger partial charge >= 0.3 is 0 Å². The van der Waals surface area contributed by atoms with Crippen LogP contribution in [0.2, 0.25) is 0 Å². The van der Waals surface area contributed by atoms with Gasteiger partial charge in [0.15, 0.2) is 11.5 Å². The fourth-order valence-electron chi connectivity index (χ4n) is 3.30. The highest BCUT2D eigenvalue weighted by molar-refractivity contribution is 5.80. The maximum absolute atomic E-state index is 12.4. The van der Waals surface area contributed by atoms with Crippen molar-refractivity contribution in [2.24, 2.45) is 0 Å². The Morgan fingerprint density at radius 2 is 1.79 bits per heavy atom. The average molecular weight is 395 g/mol. The van der Waals surface area contributed by atoms with E-state index in [9.17, 15) is 14.4 Å². The third kappa shape index (κ3) is 4.16. The monoisotopic (exact) mass is 395 g/mol. The predicted octanol–water partition coefficient (Wildman–Crippen LogP) is 1.21. The van der Waals surface area contributed by atoms with E-state index in [0.717, 1.165) is 17.1 Å². The zero-order valence-corrected chi connectivity index (χ0v) is 15.8. The molecular weight excluding hydrogens is 374 g/mol. The number of carbonyl (C=O) groups is 1. The average Bonchev–Trinajstić information content (AvgIpc) is 2.75. The number of fused-ring (bicyclic) bond motifs is 2. The maximum atomic E-state index is 12.4. The van der Waals surface area contributed by atoms with Crippen LogP contribution in [-0.2, 0) is 17.8 Å². The largest absolute Gasteiger partial charge is 0.486 e. The molecule has 1 aromatic heterocycles. The number of aromatic amines is 1. The second kappa shape index (κ2) is 8.22. The van der Waals surface area contributed by atoms with Crippen molar-refractivity contribution >= 4 is 16.7 Å². The summed E-state index contributed by atoms with van der Waals surface area (Å²) in [6.45, 7) is 1.65. The Labute approximate surface area is 166 Å². The van der Waals surface area contributed by atoms with Crippen LogP contribution in [0, 0.1) is 0 Å². The molecule has 0 radical (unpaired) electrons. The number of carbonyl (C=O) groups excluding carboxylic acids is 1. The smallest absolute Gasteiger partial charge is 0.273 e. The molecule has 0 aliphatic carbocycles. The van der Waals surface area contributed by atoms with Gasteiger partial charge in [0.05, 0.1) is 17.3 Å². The molecule has 29 heavy (non-hydrogen) atoms. The zero-order valence-electron chi connectivity index (χ0n) is 15.8. The number of amides is 1. The fourth-order valence-corrected chi connectivity index (χ4v) is 3.30. The van der Waals surface area contributed by atoms with Gasteiger partial charge in [-0.05, 0) is 36.2 Å². The maximum Gasteiger partial charge on any atom is 0.273 e. The molecule has 150 valence electrons. The van der Waals surface area contributed by atoms with Crippen molar-refractivity contribution in [2.75, 3.05) is 19.8 Å². The summed E-state index contributed by atoms with van der Waals surface area (Å²) in [5.74, 6) is 1.27. The first kappa shape index (κ1) is 18.8. The summed E-state index contributed by atoms with van der Waals surface area (Å²) in [5, 5.41) is 6.05. The van der Waals surface area contributed by atoms with Gasteiger partial charge < -0.3 is 14.8 Å². The highest BCUT2D eigenvalue weighted by Crippen LogP contribution is 2.30. The Hall–Kier alpha value is -3.55. The lowest BCUT2D eigenvalue weighted by Crippen LogP contribution is -2.33. The van der Waals surface area contributed by atoms with E-state index >= 15 is 0 Å². The lowest BCUT2D eigenvalue weighted by molar-refractivity contribution is -0.121.